The van der Waals surface area contributed by atoms with Gasteiger partial charge in [-0.25, -0.2) is 21.1 Å². The van der Waals surface area contributed by atoms with Crippen molar-refractivity contribution in [3.63, 3.8) is 0 Å². The van der Waals surface area contributed by atoms with E-state index in [1.165, 1.54) is 48.7 Å². The number of carbonyl (C=O) groups excluding carboxylic acids is 1. The van der Waals surface area contributed by atoms with Crippen molar-refractivity contribution in [3.05, 3.63) is 53.6 Å². The van der Waals surface area contributed by atoms with Crippen molar-refractivity contribution in [1.29, 1.82) is 0 Å². The molecule has 8 nitrogen and oxygen atoms in total. The van der Waals surface area contributed by atoms with Crippen LogP contribution in [0.25, 0.3) is 0 Å². The molecule has 0 spiro atoms. The molecular weight excluding hydrogens is 450 g/mol. The molecule has 2 aromatic carbocycles. The average molecular weight is 480 g/mol. The Hall–Kier alpha value is -2.27. The van der Waals surface area contributed by atoms with Crippen LogP contribution >= 0.6 is 0 Å². The third-order valence-corrected chi connectivity index (χ3v) is 9.36. The van der Waals surface area contributed by atoms with Crippen LogP contribution < -0.4 is 5.32 Å². The zero-order valence-corrected chi connectivity index (χ0v) is 20.2. The number of anilines is 1. The summed E-state index contributed by atoms with van der Waals surface area (Å²) in [5.74, 6) is -0.519. The molecule has 10 heteroatoms. The minimum absolute atomic E-state index is 0.0758. The van der Waals surface area contributed by atoms with Crippen molar-refractivity contribution in [1.82, 2.24) is 8.61 Å². The summed E-state index contributed by atoms with van der Waals surface area (Å²) in [6.07, 6.45) is 3.67. The number of nitrogens with zero attached hydrogens (tertiary/aromatic N) is 2. The van der Waals surface area contributed by atoms with Gasteiger partial charge in [-0.3, -0.25) is 4.79 Å². The van der Waals surface area contributed by atoms with Gasteiger partial charge in [0.1, 0.15) is 0 Å². The van der Waals surface area contributed by atoms with E-state index in [0.717, 1.165) is 30.0 Å². The quantitative estimate of drug-likeness (QED) is 0.686. The Morgan fingerprint density at radius 3 is 2.22 bits per heavy atom. The fraction of sp³-hybridized carbons (Fsp3) is 0.409. The first-order chi connectivity index (χ1) is 15.0. The van der Waals surface area contributed by atoms with Crippen LogP contribution in [0.2, 0.25) is 0 Å². The van der Waals surface area contributed by atoms with Crippen LogP contribution in [0.3, 0.4) is 0 Å². The summed E-state index contributed by atoms with van der Waals surface area (Å²) in [6.45, 7) is 2.63. The number of rotatable bonds is 6. The zero-order valence-electron chi connectivity index (χ0n) is 18.5. The predicted molar refractivity (Wildman–Crippen MR) is 124 cm³/mol. The van der Waals surface area contributed by atoms with E-state index in [9.17, 15) is 21.6 Å². The van der Waals surface area contributed by atoms with Crippen LogP contribution in [0.15, 0.2) is 52.3 Å². The van der Waals surface area contributed by atoms with Gasteiger partial charge in [0, 0.05) is 38.4 Å². The third-order valence-electron chi connectivity index (χ3n) is 5.50. The van der Waals surface area contributed by atoms with Gasteiger partial charge in [-0.2, -0.15) is 4.31 Å². The van der Waals surface area contributed by atoms with E-state index in [1.807, 2.05) is 0 Å². The molecule has 1 fully saturated rings. The number of hydrogen-bond donors (Lipinski definition) is 1. The van der Waals surface area contributed by atoms with Crippen molar-refractivity contribution in [2.45, 2.75) is 42.4 Å². The number of hydrogen-bond acceptors (Lipinski definition) is 5. The van der Waals surface area contributed by atoms with E-state index < -0.39 is 26.0 Å². The average Bonchev–Trinajstić information content (AvgIpc) is 3.05. The Morgan fingerprint density at radius 2 is 1.59 bits per heavy atom. The first-order valence-electron chi connectivity index (χ1n) is 10.5. The third kappa shape index (κ3) is 5.20. The first kappa shape index (κ1) is 24.4. The van der Waals surface area contributed by atoms with E-state index in [4.69, 9.17) is 0 Å². The van der Waals surface area contributed by atoms with Crippen LogP contribution in [0.4, 0.5) is 5.69 Å². The Bertz CT molecular complexity index is 1200. The molecule has 0 bridgehead atoms. The molecule has 0 radical (unpaired) electrons. The molecule has 0 unspecified atom stereocenters. The molecule has 0 atom stereocenters. The summed E-state index contributed by atoms with van der Waals surface area (Å²) in [7, 11) is -4.48. The maximum absolute atomic E-state index is 13.1. The molecule has 1 aliphatic rings. The van der Waals surface area contributed by atoms with E-state index in [2.05, 4.69) is 5.32 Å². The topological polar surface area (TPSA) is 104 Å². The number of carbonyl (C=O) groups is 1. The lowest BCUT2D eigenvalue weighted by molar-refractivity contribution is 0.102. The number of nitrogens with one attached hydrogen (secondary N) is 1. The van der Waals surface area contributed by atoms with Crippen molar-refractivity contribution < 1.29 is 21.6 Å². The van der Waals surface area contributed by atoms with Crippen molar-refractivity contribution in [3.8, 4) is 0 Å². The Morgan fingerprint density at radius 1 is 0.938 bits per heavy atom. The number of sulfonamides is 2. The van der Waals surface area contributed by atoms with Crippen LogP contribution in [0.5, 0.6) is 0 Å². The van der Waals surface area contributed by atoms with Gasteiger partial charge in [0.2, 0.25) is 20.0 Å². The van der Waals surface area contributed by atoms with Crippen LogP contribution in [-0.4, -0.2) is 58.5 Å². The maximum Gasteiger partial charge on any atom is 0.255 e. The minimum Gasteiger partial charge on any atom is -0.322 e. The summed E-state index contributed by atoms with van der Waals surface area (Å²) in [5, 5.41) is 2.67. The second-order valence-electron chi connectivity index (χ2n) is 8.07. The molecule has 0 aliphatic carbocycles. The smallest absolute Gasteiger partial charge is 0.255 e. The van der Waals surface area contributed by atoms with Gasteiger partial charge in [0.05, 0.1) is 9.79 Å². The lowest BCUT2D eigenvalue weighted by atomic mass is 10.2. The molecule has 174 valence electrons. The van der Waals surface area contributed by atoms with Crippen molar-refractivity contribution >= 4 is 31.6 Å². The normalized spacial score (nSPS) is 16.0. The zero-order chi connectivity index (χ0) is 23.5. The lowest BCUT2D eigenvalue weighted by Crippen LogP contribution is -2.32. The monoisotopic (exact) mass is 479 g/mol. The maximum atomic E-state index is 13.1. The Labute approximate surface area is 190 Å². The molecule has 0 saturated carbocycles. The van der Waals surface area contributed by atoms with E-state index >= 15 is 0 Å². The van der Waals surface area contributed by atoms with E-state index in [-0.39, 0.29) is 15.4 Å². The summed E-state index contributed by atoms with van der Waals surface area (Å²) in [5.41, 5.74) is 1.04. The molecule has 1 saturated heterocycles. The number of aryl methyl sites for hydroxylation is 1. The van der Waals surface area contributed by atoms with Gasteiger partial charge in [-0.1, -0.05) is 25.0 Å². The van der Waals surface area contributed by atoms with Crippen LogP contribution in [0.1, 0.15) is 41.6 Å². The van der Waals surface area contributed by atoms with Gasteiger partial charge >= 0.3 is 0 Å². The summed E-state index contributed by atoms with van der Waals surface area (Å²) < 4.78 is 53.8. The second kappa shape index (κ2) is 9.70. The second-order valence-corrected chi connectivity index (χ2v) is 12.1. The van der Waals surface area contributed by atoms with E-state index in [0.29, 0.717) is 24.3 Å². The predicted octanol–water partition coefficient (Wildman–Crippen LogP) is 3.06. The largest absolute Gasteiger partial charge is 0.322 e. The van der Waals surface area contributed by atoms with Gasteiger partial charge < -0.3 is 5.32 Å². The highest BCUT2D eigenvalue weighted by molar-refractivity contribution is 7.89. The van der Waals surface area contributed by atoms with Gasteiger partial charge in [-0.05, 0) is 55.7 Å². The molecule has 32 heavy (non-hydrogen) atoms. The molecule has 2 aromatic rings. The van der Waals surface area contributed by atoms with Crippen LogP contribution in [0, 0.1) is 6.92 Å². The molecule has 1 aliphatic heterocycles. The highest BCUT2D eigenvalue weighted by Crippen LogP contribution is 2.24. The number of amides is 1. The SMILES string of the molecule is Cc1ccc(NC(=O)c2cccc(S(=O)(=O)N3CCCCCC3)c2)cc1S(=O)(=O)N(C)C. The van der Waals surface area contributed by atoms with Crippen LogP contribution in [-0.2, 0) is 20.0 Å². The summed E-state index contributed by atoms with van der Waals surface area (Å²) in [6, 6.07) is 10.6. The van der Waals surface area contributed by atoms with Crippen molar-refractivity contribution in [2.75, 3.05) is 32.5 Å². The molecule has 1 N–H and O–H groups in total. The molecule has 1 amide bonds. The molecule has 1 heterocycles. The van der Waals surface area contributed by atoms with Gasteiger partial charge in [-0.15, -0.1) is 0 Å². The van der Waals surface area contributed by atoms with Gasteiger partial charge in [0.15, 0.2) is 0 Å². The Kier molecular flexibility index (Phi) is 7.39. The lowest BCUT2D eigenvalue weighted by Gasteiger charge is -2.20. The highest BCUT2D eigenvalue weighted by atomic mass is 32.2. The molecular formula is C22H29N3O5S2. The minimum atomic E-state index is -3.69. The van der Waals surface area contributed by atoms with Crippen molar-refractivity contribution in [2.24, 2.45) is 0 Å². The first-order valence-corrected chi connectivity index (χ1v) is 13.4. The summed E-state index contributed by atoms with van der Waals surface area (Å²) in [4.78, 5) is 13.0. The fourth-order valence-electron chi connectivity index (χ4n) is 3.58. The fourth-order valence-corrected chi connectivity index (χ4v) is 6.29. The molecule has 0 aromatic heterocycles. The standard InChI is InChI=1S/C22H29N3O5S2/c1-17-11-12-19(16-21(17)32(29,30)24(2)3)23-22(26)18-9-8-10-20(15-18)31(27,28)25-13-6-4-5-7-14-25/h8-12,15-16H,4-7,13-14H2,1-3H3,(H,23,26). The summed E-state index contributed by atoms with van der Waals surface area (Å²) >= 11 is 0. The Balaban J connectivity index is 1.86. The highest BCUT2D eigenvalue weighted by Gasteiger charge is 2.26. The molecule has 3 rings (SSSR count). The van der Waals surface area contributed by atoms with Gasteiger partial charge in [0.25, 0.3) is 5.91 Å². The van der Waals surface area contributed by atoms with E-state index in [1.54, 1.807) is 19.1 Å². The number of benzene rings is 2.